The number of nitrogens with zero attached hydrogens (tertiary/aromatic N) is 2. The van der Waals surface area contributed by atoms with Gasteiger partial charge in [0.1, 0.15) is 5.69 Å². The van der Waals surface area contributed by atoms with E-state index >= 15 is 0 Å². The van der Waals surface area contributed by atoms with Crippen LogP contribution in [0.25, 0.3) is 0 Å². The highest BCUT2D eigenvalue weighted by atomic mass is 79.9. The maximum atomic E-state index is 13.6. The van der Waals surface area contributed by atoms with Gasteiger partial charge in [-0.25, -0.2) is 5.06 Å². The van der Waals surface area contributed by atoms with Crippen molar-refractivity contribution in [2.75, 3.05) is 14.2 Å². The normalized spacial score (nSPS) is 11.3. The van der Waals surface area contributed by atoms with Crippen molar-refractivity contribution in [2.24, 2.45) is 0 Å². The predicted molar refractivity (Wildman–Crippen MR) is 55.6 cm³/mol. The quantitative estimate of drug-likeness (QED) is 0.801. The zero-order valence-corrected chi connectivity index (χ0v) is 10.2. The van der Waals surface area contributed by atoms with Gasteiger partial charge in [-0.05, 0) is 28.1 Å². The molecule has 1 aromatic heterocycles. The summed E-state index contributed by atoms with van der Waals surface area (Å²) >= 11 is 3.06. The maximum Gasteiger partial charge on any atom is 0.368 e. The zero-order valence-electron chi connectivity index (χ0n) is 8.58. The van der Waals surface area contributed by atoms with Gasteiger partial charge >= 0.3 is 11.8 Å². The second-order valence-electron chi connectivity index (χ2n) is 2.92. The number of rotatable bonds is 3. The summed E-state index contributed by atoms with van der Waals surface area (Å²) in [6.07, 6.45) is 1.20. The molecule has 0 bridgehead atoms. The van der Waals surface area contributed by atoms with Gasteiger partial charge in [0.2, 0.25) is 0 Å². The Morgan fingerprint density at radius 3 is 2.62 bits per heavy atom. The Balaban J connectivity index is 3.01. The Bertz CT molecular complexity index is 384. The second kappa shape index (κ2) is 4.84. The molecule has 1 amide bonds. The van der Waals surface area contributed by atoms with Crippen molar-refractivity contribution >= 4 is 21.8 Å². The summed E-state index contributed by atoms with van der Waals surface area (Å²) in [5, 5.41) is 0.462. The average Bonchev–Trinajstić information content (AvgIpc) is 2.27. The number of amides is 1. The predicted octanol–water partition coefficient (Wildman–Crippen LogP) is 1.96. The van der Waals surface area contributed by atoms with Crippen molar-refractivity contribution in [3.8, 4) is 0 Å². The first kappa shape index (κ1) is 13.0. The van der Waals surface area contributed by atoms with Gasteiger partial charge in [0.05, 0.1) is 7.11 Å². The Hall–Kier alpha value is -1.08. The van der Waals surface area contributed by atoms with Crippen LogP contribution >= 0.6 is 15.9 Å². The van der Waals surface area contributed by atoms with Crippen LogP contribution in [0, 0.1) is 0 Å². The summed E-state index contributed by atoms with van der Waals surface area (Å²) in [5.74, 6) is -5.17. The van der Waals surface area contributed by atoms with E-state index in [-0.39, 0.29) is 0 Å². The molecule has 0 unspecified atom stereocenters. The number of pyridine rings is 1. The smallest absolute Gasteiger partial charge is 0.274 e. The van der Waals surface area contributed by atoms with Crippen LogP contribution in [-0.2, 0) is 15.6 Å². The lowest BCUT2D eigenvalue weighted by molar-refractivity contribution is -0.196. The second-order valence-corrected chi connectivity index (χ2v) is 3.84. The standard InChI is InChI=1S/C9H9BrF2N2O2/c1-14(16-2)8(15)9(11,12)7-4-3-6(10)5-13-7/h3-5H,1-2H3. The molecular formula is C9H9BrF2N2O2. The molecule has 0 N–H and O–H groups in total. The van der Waals surface area contributed by atoms with Crippen LogP contribution in [-0.4, -0.2) is 30.1 Å². The molecule has 0 fully saturated rings. The number of carbonyl (C=O) groups is 1. The van der Waals surface area contributed by atoms with E-state index in [1.807, 2.05) is 0 Å². The Kier molecular flexibility index (Phi) is 3.93. The maximum absolute atomic E-state index is 13.6. The van der Waals surface area contributed by atoms with E-state index < -0.39 is 17.5 Å². The summed E-state index contributed by atoms with van der Waals surface area (Å²) in [4.78, 5) is 19.2. The number of hydrogen-bond donors (Lipinski definition) is 0. The van der Waals surface area contributed by atoms with E-state index in [1.165, 1.54) is 12.3 Å². The molecule has 0 aliphatic carbocycles. The van der Waals surface area contributed by atoms with E-state index in [9.17, 15) is 13.6 Å². The molecule has 0 atom stereocenters. The summed E-state index contributed by atoms with van der Waals surface area (Å²) in [6, 6.07) is 2.46. The molecule has 0 radical (unpaired) electrons. The summed E-state index contributed by atoms with van der Waals surface area (Å²) in [7, 11) is 2.23. The van der Waals surface area contributed by atoms with Gasteiger partial charge in [-0.1, -0.05) is 0 Å². The van der Waals surface area contributed by atoms with Crippen molar-refractivity contribution in [3.05, 3.63) is 28.5 Å². The first-order valence-corrected chi connectivity index (χ1v) is 5.01. The lowest BCUT2D eigenvalue weighted by Gasteiger charge is -2.20. The van der Waals surface area contributed by atoms with Crippen molar-refractivity contribution < 1.29 is 18.4 Å². The number of hydroxylamine groups is 2. The van der Waals surface area contributed by atoms with Crippen LogP contribution < -0.4 is 0 Å². The van der Waals surface area contributed by atoms with Crippen LogP contribution in [0.5, 0.6) is 0 Å². The highest BCUT2D eigenvalue weighted by Crippen LogP contribution is 2.28. The lowest BCUT2D eigenvalue weighted by Crippen LogP contribution is -2.39. The molecule has 7 heteroatoms. The van der Waals surface area contributed by atoms with Crippen molar-refractivity contribution in [3.63, 3.8) is 0 Å². The fourth-order valence-electron chi connectivity index (χ4n) is 0.952. The van der Waals surface area contributed by atoms with Gasteiger partial charge < -0.3 is 0 Å². The van der Waals surface area contributed by atoms with Crippen LogP contribution in [0.2, 0.25) is 0 Å². The monoisotopic (exact) mass is 294 g/mol. The third kappa shape index (κ3) is 2.53. The van der Waals surface area contributed by atoms with E-state index in [1.54, 1.807) is 0 Å². The molecule has 4 nitrogen and oxygen atoms in total. The molecule has 0 aliphatic heterocycles. The highest BCUT2D eigenvalue weighted by Gasteiger charge is 2.44. The van der Waals surface area contributed by atoms with Crippen molar-refractivity contribution in [2.45, 2.75) is 5.92 Å². The van der Waals surface area contributed by atoms with E-state index in [4.69, 9.17) is 0 Å². The third-order valence-corrected chi connectivity index (χ3v) is 2.35. The fourth-order valence-corrected chi connectivity index (χ4v) is 1.19. The number of likely N-dealkylation sites (N-methyl/N-ethyl adjacent to an activating group) is 1. The molecule has 0 spiro atoms. The average molecular weight is 295 g/mol. The third-order valence-electron chi connectivity index (χ3n) is 1.88. The number of alkyl halides is 2. The van der Waals surface area contributed by atoms with Crippen molar-refractivity contribution in [1.82, 2.24) is 10.0 Å². The van der Waals surface area contributed by atoms with E-state index in [0.29, 0.717) is 9.54 Å². The highest BCUT2D eigenvalue weighted by molar-refractivity contribution is 9.10. The minimum Gasteiger partial charge on any atom is -0.274 e. The van der Waals surface area contributed by atoms with Gasteiger partial charge in [0.25, 0.3) is 0 Å². The number of halogens is 3. The van der Waals surface area contributed by atoms with Crippen LogP contribution in [0.15, 0.2) is 22.8 Å². The van der Waals surface area contributed by atoms with Crippen LogP contribution in [0.4, 0.5) is 8.78 Å². The number of carbonyl (C=O) groups excluding carboxylic acids is 1. The topological polar surface area (TPSA) is 42.4 Å². The SMILES string of the molecule is CON(C)C(=O)C(F)(F)c1ccc(Br)cn1. The number of hydrogen-bond acceptors (Lipinski definition) is 3. The zero-order chi connectivity index (χ0) is 12.3. The minimum atomic E-state index is -3.70. The fraction of sp³-hybridized carbons (Fsp3) is 0.333. The molecular weight excluding hydrogens is 286 g/mol. The largest absolute Gasteiger partial charge is 0.368 e. The van der Waals surface area contributed by atoms with Gasteiger partial charge in [0.15, 0.2) is 0 Å². The Labute approximate surface area is 99.3 Å². The molecule has 0 saturated heterocycles. The lowest BCUT2D eigenvalue weighted by atomic mass is 10.2. The van der Waals surface area contributed by atoms with E-state index in [2.05, 4.69) is 25.8 Å². The van der Waals surface area contributed by atoms with Crippen molar-refractivity contribution in [1.29, 1.82) is 0 Å². The van der Waals surface area contributed by atoms with Crippen LogP contribution in [0.3, 0.4) is 0 Å². The molecule has 0 aromatic carbocycles. The Morgan fingerprint density at radius 2 is 2.19 bits per heavy atom. The number of aromatic nitrogens is 1. The summed E-state index contributed by atoms with van der Waals surface area (Å²) in [6.45, 7) is 0. The van der Waals surface area contributed by atoms with Gasteiger partial charge in [0, 0.05) is 17.7 Å². The van der Waals surface area contributed by atoms with E-state index in [0.717, 1.165) is 20.2 Å². The first-order valence-electron chi connectivity index (χ1n) is 4.21. The minimum absolute atomic E-state index is 0.462. The molecule has 1 aromatic rings. The Morgan fingerprint density at radius 1 is 1.56 bits per heavy atom. The van der Waals surface area contributed by atoms with Crippen LogP contribution in [0.1, 0.15) is 5.69 Å². The summed E-state index contributed by atoms with van der Waals surface area (Å²) < 4.78 is 27.7. The van der Waals surface area contributed by atoms with Gasteiger partial charge in [-0.3, -0.25) is 14.6 Å². The van der Waals surface area contributed by atoms with Gasteiger partial charge in [-0.2, -0.15) is 8.78 Å². The molecule has 0 saturated carbocycles. The summed E-state index contributed by atoms with van der Waals surface area (Å²) in [5.41, 5.74) is -0.621. The molecule has 16 heavy (non-hydrogen) atoms. The first-order chi connectivity index (χ1) is 7.39. The molecule has 1 heterocycles. The van der Waals surface area contributed by atoms with Gasteiger partial charge in [-0.15, -0.1) is 0 Å². The molecule has 88 valence electrons. The molecule has 1 rings (SSSR count). The molecule has 0 aliphatic rings.